The summed E-state index contributed by atoms with van der Waals surface area (Å²) in [5.74, 6) is 0. The van der Waals surface area contributed by atoms with Crippen LogP contribution in [-0.4, -0.2) is 0 Å². The van der Waals surface area contributed by atoms with Gasteiger partial charge in [0.25, 0.3) is 0 Å². The molecule has 7 aromatic rings. The van der Waals surface area contributed by atoms with Crippen molar-refractivity contribution in [3.63, 3.8) is 0 Å². The van der Waals surface area contributed by atoms with Crippen molar-refractivity contribution in [1.82, 2.24) is 0 Å². The summed E-state index contributed by atoms with van der Waals surface area (Å²) in [4.78, 5) is 20.0. The zero-order valence-corrected chi connectivity index (χ0v) is 38.1. The summed E-state index contributed by atoms with van der Waals surface area (Å²) >= 11 is 13.8. The topological polar surface area (TPSA) is 0 Å². The molecule has 7 heteroatoms. The largest absolute Gasteiger partial charge is 0.139 e. The average molecular weight is 843 g/mol. The Kier molecular flexibility index (Phi) is 14.7. The summed E-state index contributed by atoms with van der Waals surface area (Å²) in [6, 6.07) is 28.6. The summed E-state index contributed by atoms with van der Waals surface area (Å²) in [5, 5.41) is 0. The molecule has 0 unspecified atom stereocenters. The smallest absolute Gasteiger partial charge is 0.0481 e. The van der Waals surface area contributed by atoms with E-state index in [1.165, 1.54) is 164 Å². The molecular formula is C47H54S7. The standard InChI is InChI=1S/C47H54S7/c1-5-8-11-14-17-33-30-32(4)48-46(33)43-28-26-40(52-43)41-27-29-44(53-41)47-34(18-15-12-9-6-2)31-45(54-47)42-25-24-39(51-42)38-23-22-37(50-38)36-21-20-35(49-36)19-16-13-10-7-3/h20-31H,5-19H2,1-4H3. The zero-order chi connectivity index (χ0) is 37.3. The van der Waals surface area contributed by atoms with Crippen LogP contribution in [0.25, 0.3) is 58.5 Å². The maximum atomic E-state index is 2.53. The number of aryl methyl sites for hydroxylation is 4. The van der Waals surface area contributed by atoms with Gasteiger partial charge >= 0.3 is 0 Å². The van der Waals surface area contributed by atoms with Gasteiger partial charge in [-0.05, 0) is 129 Å². The fraction of sp³-hybridized carbons (Fsp3) is 0.404. The molecule has 0 fully saturated rings. The van der Waals surface area contributed by atoms with Crippen LogP contribution in [0.15, 0.2) is 72.8 Å². The SMILES string of the molecule is CCCCCCc1ccc(-c2ccc(-c3ccc(-c4cc(CCCCCC)c(-c5ccc(-c6ccc(-c7sc(C)cc7CCCCCC)s6)s5)s4)s3)s2)s1. The molecule has 0 atom stereocenters. The van der Waals surface area contributed by atoms with E-state index in [1.807, 2.05) is 79.4 Å². The number of rotatable bonds is 21. The third-order valence-electron chi connectivity index (χ3n) is 10.1. The summed E-state index contributed by atoms with van der Waals surface area (Å²) in [6.45, 7) is 9.16. The molecule has 0 aliphatic carbocycles. The second-order valence-electron chi connectivity index (χ2n) is 14.5. The van der Waals surface area contributed by atoms with Gasteiger partial charge in [0.15, 0.2) is 0 Å². The third kappa shape index (κ3) is 10.1. The Labute approximate surface area is 352 Å². The molecule has 0 aliphatic heterocycles. The minimum Gasteiger partial charge on any atom is -0.139 e. The lowest BCUT2D eigenvalue weighted by Gasteiger charge is -2.02. The van der Waals surface area contributed by atoms with Crippen LogP contribution in [0.2, 0.25) is 0 Å². The lowest BCUT2D eigenvalue weighted by Crippen LogP contribution is -1.85. The van der Waals surface area contributed by atoms with Gasteiger partial charge in [-0.15, -0.1) is 79.4 Å². The first-order chi connectivity index (χ1) is 26.5. The van der Waals surface area contributed by atoms with Gasteiger partial charge in [-0.25, -0.2) is 0 Å². The van der Waals surface area contributed by atoms with Crippen LogP contribution in [0.1, 0.15) is 119 Å². The molecule has 0 radical (unpaired) electrons. The number of unbranched alkanes of at least 4 members (excludes halogenated alkanes) is 9. The molecule has 54 heavy (non-hydrogen) atoms. The van der Waals surface area contributed by atoms with E-state index in [0.717, 1.165) is 6.42 Å². The highest BCUT2D eigenvalue weighted by molar-refractivity contribution is 7.31. The second-order valence-corrected chi connectivity index (χ2v) is 22.3. The first-order valence-corrected chi connectivity index (χ1v) is 26.0. The van der Waals surface area contributed by atoms with Crippen LogP contribution in [0.4, 0.5) is 0 Å². The van der Waals surface area contributed by atoms with Crippen molar-refractivity contribution in [3.8, 4) is 58.5 Å². The van der Waals surface area contributed by atoms with Crippen LogP contribution in [0, 0.1) is 6.92 Å². The maximum absolute atomic E-state index is 2.53. The van der Waals surface area contributed by atoms with E-state index in [4.69, 9.17) is 0 Å². The zero-order valence-electron chi connectivity index (χ0n) is 32.4. The van der Waals surface area contributed by atoms with Crippen molar-refractivity contribution in [2.24, 2.45) is 0 Å². The van der Waals surface area contributed by atoms with Crippen LogP contribution in [0.5, 0.6) is 0 Å². The van der Waals surface area contributed by atoms with Gasteiger partial charge in [0, 0.05) is 68.3 Å². The van der Waals surface area contributed by atoms with Crippen LogP contribution < -0.4 is 0 Å². The number of thiophene rings is 7. The fourth-order valence-electron chi connectivity index (χ4n) is 7.15. The van der Waals surface area contributed by atoms with E-state index in [1.54, 1.807) is 5.56 Å². The lowest BCUT2D eigenvalue weighted by molar-refractivity contribution is 0.668. The highest BCUT2D eigenvalue weighted by Crippen LogP contribution is 2.49. The van der Waals surface area contributed by atoms with E-state index in [0.29, 0.717) is 0 Å². The van der Waals surface area contributed by atoms with Gasteiger partial charge in [-0.1, -0.05) is 78.6 Å². The van der Waals surface area contributed by atoms with Crippen LogP contribution in [-0.2, 0) is 19.3 Å². The van der Waals surface area contributed by atoms with Gasteiger partial charge < -0.3 is 0 Å². The number of hydrogen-bond acceptors (Lipinski definition) is 7. The van der Waals surface area contributed by atoms with Crippen molar-refractivity contribution in [1.29, 1.82) is 0 Å². The Bertz CT molecular complexity index is 2180. The molecule has 0 aromatic carbocycles. The highest BCUT2D eigenvalue weighted by Gasteiger charge is 2.19. The highest BCUT2D eigenvalue weighted by atomic mass is 32.1. The predicted octanol–water partition coefficient (Wildman–Crippen LogP) is 18.8. The normalized spacial score (nSPS) is 11.7. The lowest BCUT2D eigenvalue weighted by atomic mass is 10.1. The molecule has 0 saturated carbocycles. The van der Waals surface area contributed by atoms with Crippen LogP contribution >= 0.6 is 79.4 Å². The average Bonchev–Trinajstić information content (AvgIpc) is 4.03. The van der Waals surface area contributed by atoms with Crippen molar-refractivity contribution < 1.29 is 0 Å². The molecule has 0 saturated heterocycles. The van der Waals surface area contributed by atoms with E-state index >= 15 is 0 Å². The molecule has 0 nitrogen and oxygen atoms in total. The fourth-order valence-corrected chi connectivity index (χ4v) is 15.1. The minimum atomic E-state index is 1.16. The Hall–Kier alpha value is -2.10. The molecule has 0 aliphatic rings. The van der Waals surface area contributed by atoms with Gasteiger partial charge in [-0.2, -0.15) is 0 Å². The Morgan fingerprint density at radius 1 is 0.333 bits per heavy atom. The maximum Gasteiger partial charge on any atom is 0.0481 e. The third-order valence-corrected chi connectivity index (χ3v) is 19.0. The molecule has 0 bridgehead atoms. The van der Waals surface area contributed by atoms with Gasteiger partial charge in [0.2, 0.25) is 0 Å². The Morgan fingerprint density at radius 2 is 0.722 bits per heavy atom. The molecule has 7 aromatic heterocycles. The van der Waals surface area contributed by atoms with Gasteiger partial charge in [0.05, 0.1) is 0 Å². The summed E-state index contributed by atoms with van der Waals surface area (Å²) < 4.78 is 0. The van der Waals surface area contributed by atoms with Gasteiger partial charge in [-0.3, -0.25) is 0 Å². The summed E-state index contributed by atoms with van der Waals surface area (Å²) in [6.07, 6.45) is 19.3. The molecule has 7 heterocycles. The first kappa shape index (κ1) is 40.1. The quantitative estimate of drug-likeness (QED) is 0.0632. The van der Waals surface area contributed by atoms with E-state index in [-0.39, 0.29) is 0 Å². The number of hydrogen-bond donors (Lipinski definition) is 0. The van der Waals surface area contributed by atoms with Crippen molar-refractivity contribution >= 4 is 79.4 Å². The Balaban J connectivity index is 1.08. The molecule has 0 N–H and O–H groups in total. The van der Waals surface area contributed by atoms with Crippen LogP contribution in [0.3, 0.4) is 0 Å². The first-order valence-electron chi connectivity index (χ1n) is 20.2. The summed E-state index contributed by atoms with van der Waals surface area (Å²) in [5.41, 5.74) is 3.08. The molecule has 0 spiro atoms. The van der Waals surface area contributed by atoms with E-state index in [9.17, 15) is 0 Å². The minimum absolute atomic E-state index is 1.16. The molecule has 7 rings (SSSR count). The van der Waals surface area contributed by atoms with E-state index < -0.39 is 0 Å². The molecular weight excluding hydrogens is 789 g/mol. The monoisotopic (exact) mass is 842 g/mol. The molecule has 284 valence electrons. The summed E-state index contributed by atoms with van der Waals surface area (Å²) in [7, 11) is 0. The van der Waals surface area contributed by atoms with Crippen molar-refractivity contribution in [2.45, 2.75) is 124 Å². The van der Waals surface area contributed by atoms with E-state index in [2.05, 4.69) is 100 Å². The molecule has 0 amide bonds. The van der Waals surface area contributed by atoms with Crippen molar-refractivity contribution in [2.75, 3.05) is 0 Å². The van der Waals surface area contributed by atoms with Gasteiger partial charge in [0.1, 0.15) is 0 Å². The van der Waals surface area contributed by atoms with Crippen molar-refractivity contribution in [3.05, 3.63) is 93.7 Å². The second kappa shape index (κ2) is 19.9. The Morgan fingerprint density at radius 3 is 1.24 bits per heavy atom. The predicted molar refractivity (Wildman–Crippen MR) is 252 cm³/mol.